The molecular formula is C21H27ClN2O2. The summed E-state index contributed by atoms with van der Waals surface area (Å²) in [7, 11) is 0. The van der Waals surface area contributed by atoms with Crippen molar-refractivity contribution in [2.45, 2.75) is 25.2 Å². The highest BCUT2D eigenvalue weighted by Crippen LogP contribution is 2.33. The van der Waals surface area contributed by atoms with Crippen molar-refractivity contribution >= 4 is 18.3 Å². The monoisotopic (exact) mass is 374 g/mol. The predicted molar refractivity (Wildman–Crippen MR) is 107 cm³/mol. The summed E-state index contributed by atoms with van der Waals surface area (Å²) in [4.78, 5) is 13.0. The van der Waals surface area contributed by atoms with Crippen LogP contribution in [0.5, 0.6) is 5.75 Å². The zero-order valence-electron chi connectivity index (χ0n) is 15.2. The molecule has 1 aliphatic heterocycles. The molecule has 1 aliphatic rings. The van der Waals surface area contributed by atoms with Crippen LogP contribution in [0.25, 0.3) is 0 Å². The summed E-state index contributed by atoms with van der Waals surface area (Å²) in [6.45, 7) is 4.74. The number of halogens is 1. The molecule has 0 aromatic heterocycles. The van der Waals surface area contributed by atoms with Gasteiger partial charge in [0.15, 0.2) is 0 Å². The van der Waals surface area contributed by atoms with Gasteiger partial charge in [0.2, 0.25) is 5.91 Å². The van der Waals surface area contributed by atoms with E-state index in [4.69, 9.17) is 4.74 Å². The summed E-state index contributed by atoms with van der Waals surface area (Å²) in [5.41, 5.74) is 1.84. The van der Waals surface area contributed by atoms with Crippen LogP contribution in [-0.4, -0.2) is 32.1 Å². The number of carbonyl (C=O) groups is 1. The second-order valence-corrected chi connectivity index (χ2v) is 6.62. The lowest BCUT2D eigenvalue weighted by atomic mass is 9.72. The van der Waals surface area contributed by atoms with Gasteiger partial charge in [-0.2, -0.15) is 0 Å². The number of aryl methyl sites for hydroxylation is 1. The molecule has 1 saturated heterocycles. The van der Waals surface area contributed by atoms with Crippen molar-refractivity contribution in [2.75, 3.05) is 26.2 Å². The minimum absolute atomic E-state index is 0. The molecule has 1 amide bonds. The molecule has 1 heterocycles. The Kier molecular flexibility index (Phi) is 7.49. The summed E-state index contributed by atoms with van der Waals surface area (Å²) >= 11 is 0. The topological polar surface area (TPSA) is 50.4 Å². The summed E-state index contributed by atoms with van der Waals surface area (Å²) < 4.78 is 5.74. The molecule has 0 bridgehead atoms. The third kappa shape index (κ3) is 4.77. The van der Waals surface area contributed by atoms with Crippen LogP contribution in [0.4, 0.5) is 0 Å². The van der Waals surface area contributed by atoms with Gasteiger partial charge in [-0.05, 0) is 56.1 Å². The largest absolute Gasteiger partial charge is 0.492 e. The Morgan fingerprint density at radius 1 is 1.12 bits per heavy atom. The lowest BCUT2D eigenvalue weighted by Crippen LogP contribution is -2.51. The highest BCUT2D eigenvalue weighted by atomic mass is 35.5. The molecule has 0 unspecified atom stereocenters. The second kappa shape index (κ2) is 9.60. The highest BCUT2D eigenvalue weighted by Gasteiger charge is 2.40. The molecule has 26 heavy (non-hydrogen) atoms. The number of hydrogen-bond acceptors (Lipinski definition) is 3. The molecule has 0 aliphatic carbocycles. The van der Waals surface area contributed by atoms with Crippen molar-refractivity contribution in [3.63, 3.8) is 0 Å². The number of nitrogens with one attached hydrogen (secondary N) is 2. The van der Waals surface area contributed by atoms with Gasteiger partial charge in [0.25, 0.3) is 0 Å². The smallest absolute Gasteiger partial charge is 0.230 e. The Morgan fingerprint density at radius 3 is 2.54 bits per heavy atom. The average Bonchev–Trinajstić information content (AvgIpc) is 2.66. The van der Waals surface area contributed by atoms with E-state index in [1.807, 2.05) is 49.4 Å². The molecule has 2 aromatic rings. The van der Waals surface area contributed by atoms with E-state index in [-0.39, 0.29) is 18.3 Å². The molecule has 5 heteroatoms. The Balaban J connectivity index is 0.00000243. The second-order valence-electron chi connectivity index (χ2n) is 6.62. The first-order valence-corrected chi connectivity index (χ1v) is 8.95. The first-order valence-electron chi connectivity index (χ1n) is 8.95. The van der Waals surface area contributed by atoms with Gasteiger partial charge in [0.1, 0.15) is 12.4 Å². The van der Waals surface area contributed by atoms with Gasteiger partial charge in [0, 0.05) is 0 Å². The fraction of sp³-hybridized carbons (Fsp3) is 0.381. The van der Waals surface area contributed by atoms with E-state index in [0.717, 1.165) is 37.2 Å². The first-order chi connectivity index (χ1) is 12.2. The van der Waals surface area contributed by atoms with Crippen molar-refractivity contribution in [3.05, 3.63) is 65.7 Å². The SMILES string of the molecule is Cc1cccc(OCCNC(=O)C2(c3ccccc3)CCNCC2)c1.Cl. The quantitative estimate of drug-likeness (QED) is 0.763. The van der Waals surface area contributed by atoms with Crippen LogP contribution < -0.4 is 15.4 Å². The van der Waals surface area contributed by atoms with Crippen molar-refractivity contribution in [2.24, 2.45) is 0 Å². The fourth-order valence-corrected chi connectivity index (χ4v) is 3.47. The predicted octanol–water partition coefficient (Wildman–Crippen LogP) is 3.23. The summed E-state index contributed by atoms with van der Waals surface area (Å²) in [5, 5.41) is 6.44. The zero-order valence-corrected chi connectivity index (χ0v) is 16.0. The van der Waals surface area contributed by atoms with Crippen LogP contribution >= 0.6 is 12.4 Å². The number of hydrogen-bond donors (Lipinski definition) is 2. The van der Waals surface area contributed by atoms with Crippen LogP contribution in [0.1, 0.15) is 24.0 Å². The maximum absolute atomic E-state index is 13.0. The van der Waals surface area contributed by atoms with Gasteiger partial charge in [-0.1, -0.05) is 42.5 Å². The molecule has 140 valence electrons. The van der Waals surface area contributed by atoms with E-state index in [1.165, 1.54) is 5.56 Å². The van der Waals surface area contributed by atoms with E-state index in [1.54, 1.807) is 0 Å². The van der Waals surface area contributed by atoms with Gasteiger partial charge >= 0.3 is 0 Å². The normalized spacial score (nSPS) is 15.6. The van der Waals surface area contributed by atoms with Crippen molar-refractivity contribution in [1.29, 1.82) is 0 Å². The Hall–Kier alpha value is -2.04. The number of ether oxygens (including phenoxy) is 1. The molecule has 3 rings (SSSR count). The maximum Gasteiger partial charge on any atom is 0.230 e. The molecule has 0 atom stereocenters. The number of amides is 1. The lowest BCUT2D eigenvalue weighted by molar-refractivity contribution is -0.127. The third-order valence-electron chi connectivity index (χ3n) is 4.86. The van der Waals surface area contributed by atoms with E-state index in [0.29, 0.717) is 13.2 Å². The van der Waals surface area contributed by atoms with Crippen LogP contribution in [0.2, 0.25) is 0 Å². The molecule has 0 spiro atoms. The van der Waals surface area contributed by atoms with Gasteiger partial charge < -0.3 is 15.4 Å². The Bertz CT molecular complexity index is 700. The van der Waals surface area contributed by atoms with E-state index >= 15 is 0 Å². The van der Waals surface area contributed by atoms with E-state index < -0.39 is 5.41 Å². The van der Waals surface area contributed by atoms with Crippen LogP contribution in [0, 0.1) is 6.92 Å². The highest BCUT2D eigenvalue weighted by molar-refractivity contribution is 5.88. The number of benzene rings is 2. The molecule has 2 N–H and O–H groups in total. The maximum atomic E-state index is 13.0. The number of piperidine rings is 1. The Morgan fingerprint density at radius 2 is 1.85 bits per heavy atom. The van der Waals surface area contributed by atoms with Gasteiger partial charge in [-0.3, -0.25) is 4.79 Å². The van der Waals surface area contributed by atoms with Crippen molar-refractivity contribution in [3.8, 4) is 5.75 Å². The summed E-state index contributed by atoms with van der Waals surface area (Å²) in [6.07, 6.45) is 1.64. The average molecular weight is 375 g/mol. The molecule has 4 nitrogen and oxygen atoms in total. The fourth-order valence-electron chi connectivity index (χ4n) is 3.47. The molecule has 2 aromatic carbocycles. The standard InChI is InChI=1S/C21H26N2O2.ClH/c1-17-6-5-9-19(16-17)25-15-14-23-20(24)21(10-12-22-13-11-21)18-7-3-2-4-8-18;/h2-9,16,22H,10-15H2,1H3,(H,23,24);1H. The van der Waals surface area contributed by atoms with Crippen LogP contribution in [0.15, 0.2) is 54.6 Å². The molecule has 0 radical (unpaired) electrons. The minimum Gasteiger partial charge on any atom is -0.492 e. The van der Waals surface area contributed by atoms with Crippen LogP contribution in [-0.2, 0) is 10.2 Å². The van der Waals surface area contributed by atoms with E-state index in [9.17, 15) is 4.79 Å². The molecular weight excluding hydrogens is 348 g/mol. The van der Waals surface area contributed by atoms with Crippen molar-refractivity contribution in [1.82, 2.24) is 10.6 Å². The lowest BCUT2D eigenvalue weighted by Gasteiger charge is -2.36. The number of rotatable bonds is 6. The van der Waals surface area contributed by atoms with E-state index in [2.05, 4.69) is 22.8 Å². The van der Waals surface area contributed by atoms with Crippen LogP contribution in [0.3, 0.4) is 0 Å². The van der Waals surface area contributed by atoms with Gasteiger partial charge in [0.05, 0.1) is 12.0 Å². The zero-order chi connectivity index (χ0) is 17.5. The minimum atomic E-state index is -0.435. The molecule has 1 fully saturated rings. The first kappa shape index (κ1) is 20.3. The summed E-state index contributed by atoms with van der Waals surface area (Å²) in [6, 6.07) is 18.1. The van der Waals surface area contributed by atoms with Gasteiger partial charge in [-0.25, -0.2) is 0 Å². The van der Waals surface area contributed by atoms with Crippen molar-refractivity contribution < 1.29 is 9.53 Å². The number of carbonyl (C=O) groups excluding carboxylic acids is 1. The molecule has 0 saturated carbocycles. The van der Waals surface area contributed by atoms with Gasteiger partial charge in [-0.15, -0.1) is 12.4 Å². The Labute approximate surface area is 161 Å². The third-order valence-corrected chi connectivity index (χ3v) is 4.86. The summed E-state index contributed by atoms with van der Waals surface area (Å²) in [5.74, 6) is 0.946.